The molecule has 3 aromatic rings. The molecule has 0 saturated carbocycles. The highest BCUT2D eigenvalue weighted by Crippen LogP contribution is 2.45. The Morgan fingerprint density at radius 1 is 0.974 bits per heavy atom. The summed E-state index contributed by atoms with van der Waals surface area (Å²) in [6.07, 6.45) is 0.633. The number of nitriles is 1. The van der Waals surface area contributed by atoms with Crippen LogP contribution in [0.5, 0.6) is 5.75 Å². The van der Waals surface area contributed by atoms with Crippen LogP contribution in [0.4, 0.5) is 4.79 Å². The number of morpholine rings is 1. The zero-order valence-electron chi connectivity index (χ0n) is 21.1. The second-order valence-corrected chi connectivity index (χ2v) is 10.1. The number of piperidine rings is 1. The molecule has 3 aliphatic rings. The van der Waals surface area contributed by atoms with Gasteiger partial charge >= 0.3 is 6.09 Å². The van der Waals surface area contributed by atoms with Crippen molar-refractivity contribution in [3.63, 3.8) is 0 Å². The van der Waals surface area contributed by atoms with Crippen LogP contribution in [0.3, 0.4) is 0 Å². The Bertz CT molecular complexity index is 1380. The molecule has 2 aliphatic heterocycles. The lowest BCUT2D eigenvalue weighted by Crippen LogP contribution is -2.60. The van der Waals surface area contributed by atoms with Gasteiger partial charge in [-0.15, -0.1) is 0 Å². The molecule has 2 saturated heterocycles. The third-order valence-electron chi connectivity index (χ3n) is 8.04. The predicted octanol–water partition coefficient (Wildman–Crippen LogP) is 5.18. The van der Waals surface area contributed by atoms with Gasteiger partial charge in [0.15, 0.2) is 5.78 Å². The number of carbonyl (C=O) groups is 2. The third-order valence-corrected chi connectivity index (χ3v) is 8.04. The third kappa shape index (κ3) is 4.11. The zero-order valence-corrected chi connectivity index (χ0v) is 21.1. The van der Waals surface area contributed by atoms with Crippen molar-refractivity contribution in [2.75, 3.05) is 26.9 Å². The van der Waals surface area contributed by atoms with Gasteiger partial charge in [-0.1, -0.05) is 48.5 Å². The number of fused-ring (bicyclic) bond motifs is 5. The molecule has 1 aliphatic carbocycles. The van der Waals surface area contributed by atoms with Gasteiger partial charge in [0.1, 0.15) is 18.4 Å². The average Bonchev–Trinajstić information content (AvgIpc) is 3.28. The highest BCUT2D eigenvalue weighted by atomic mass is 16.6. The molecule has 1 amide bonds. The van der Waals surface area contributed by atoms with Gasteiger partial charge in [0, 0.05) is 17.4 Å². The van der Waals surface area contributed by atoms with E-state index in [1.165, 1.54) is 29.4 Å². The Labute approximate surface area is 221 Å². The van der Waals surface area contributed by atoms with Gasteiger partial charge in [-0.05, 0) is 53.3 Å². The smallest absolute Gasteiger partial charge is 0.410 e. The number of Topliss-reactive ketones (excluding diaryl/α,β-unsaturated/α-hetero) is 1. The van der Waals surface area contributed by atoms with Gasteiger partial charge in [-0.2, -0.15) is 5.26 Å². The van der Waals surface area contributed by atoms with E-state index < -0.39 is 0 Å². The molecule has 2 fully saturated rings. The van der Waals surface area contributed by atoms with Crippen LogP contribution in [0.1, 0.15) is 45.8 Å². The lowest BCUT2D eigenvalue weighted by Gasteiger charge is -2.47. The normalized spacial score (nSPS) is 21.7. The SMILES string of the molecule is COc1ccc(C(=O)C2CC3COCC(C2)N3C(=O)OCC2c3ccccc3-c3ccccc32)cc1C#N. The quantitative estimate of drug-likeness (QED) is 0.442. The molecule has 2 unspecified atom stereocenters. The van der Waals surface area contributed by atoms with Crippen LogP contribution in [-0.2, 0) is 9.47 Å². The maximum absolute atomic E-state index is 13.4. The number of hydrogen-bond acceptors (Lipinski definition) is 6. The van der Waals surface area contributed by atoms with Gasteiger partial charge in [0.2, 0.25) is 0 Å². The van der Waals surface area contributed by atoms with Gasteiger partial charge in [-0.3, -0.25) is 9.69 Å². The van der Waals surface area contributed by atoms with Gasteiger partial charge in [0.25, 0.3) is 0 Å². The molecule has 2 heterocycles. The molecule has 0 aromatic heterocycles. The first kappa shape index (κ1) is 24.2. The second kappa shape index (κ2) is 9.96. The molecular weight excluding hydrogens is 480 g/mol. The summed E-state index contributed by atoms with van der Waals surface area (Å²) < 4.78 is 16.9. The van der Waals surface area contributed by atoms with E-state index in [0.29, 0.717) is 42.9 Å². The fourth-order valence-corrected chi connectivity index (χ4v) is 6.28. The molecule has 6 rings (SSSR count). The fourth-order valence-electron chi connectivity index (χ4n) is 6.28. The van der Waals surface area contributed by atoms with Crippen LogP contribution >= 0.6 is 0 Å². The summed E-state index contributed by atoms with van der Waals surface area (Å²) >= 11 is 0. The molecule has 0 spiro atoms. The monoisotopic (exact) mass is 508 g/mol. The number of ether oxygens (including phenoxy) is 3. The summed E-state index contributed by atoms with van der Waals surface area (Å²) in [7, 11) is 1.50. The van der Waals surface area contributed by atoms with Crippen LogP contribution in [0.2, 0.25) is 0 Å². The Balaban J connectivity index is 1.16. The molecule has 0 radical (unpaired) electrons. The van der Waals surface area contributed by atoms with Gasteiger partial charge < -0.3 is 14.2 Å². The topological polar surface area (TPSA) is 88.9 Å². The number of amides is 1. The summed E-state index contributed by atoms with van der Waals surface area (Å²) in [5, 5.41) is 9.41. The highest BCUT2D eigenvalue weighted by Gasteiger charge is 2.45. The molecule has 38 heavy (non-hydrogen) atoms. The van der Waals surface area contributed by atoms with Gasteiger partial charge in [-0.25, -0.2) is 4.79 Å². The maximum atomic E-state index is 13.4. The Morgan fingerprint density at radius 3 is 2.21 bits per heavy atom. The first-order chi connectivity index (χ1) is 18.6. The van der Waals surface area contributed by atoms with E-state index in [9.17, 15) is 14.9 Å². The number of ketones is 1. The van der Waals surface area contributed by atoms with Crippen molar-refractivity contribution in [1.82, 2.24) is 4.90 Å². The van der Waals surface area contributed by atoms with Crippen LogP contribution in [0.15, 0.2) is 66.7 Å². The van der Waals surface area contributed by atoms with Crippen molar-refractivity contribution < 1.29 is 23.8 Å². The van der Waals surface area contributed by atoms with E-state index in [4.69, 9.17) is 14.2 Å². The molecule has 7 nitrogen and oxygen atoms in total. The minimum Gasteiger partial charge on any atom is -0.495 e. The van der Waals surface area contributed by atoms with Crippen LogP contribution in [0.25, 0.3) is 11.1 Å². The fraction of sp³-hybridized carbons (Fsp3) is 0.323. The molecule has 2 atom stereocenters. The number of benzene rings is 3. The van der Waals surface area contributed by atoms with E-state index in [2.05, 4.69) is 30.3 Å². The molecule has 2 bridgehead atoms. The first-order valence-corrected chi connectivity index (χ1v) is 12.9. The zero-order chi connectivity index (χ0) is 26.2. The summed E-state index contributed by atoms with van der Waals surface area (Å²) in [4.78, 5) is 28.6. The van der Waals surface area contributed by atoms with Gasteiger partial charge in [0.05, 0.1) is 38.0 Å². The first-order valence-electron chi connectivity index (χ1n) is 12.9. The Hall–Kier alpha value is -4.15. The summed E-state index contributed by atoms with van der Waals surface area (Å²) in [6, 6.07) is 23.1. The number of carbonyl (C=O) groups excluding carboxylic acids is 2. The average molecular weight is 509 g/mol. The number of rotatable bonds is 5. The van der Waals surface area contributed by atoms with Crippen molar-refractivity contribution >= 4 is 11.9 Å². The number of methoxy groups -OCH3 is 1. The molecule has 0 N–H and O–H groups in total. The van der Waals surface area contributed by atoms with Crippen molar-refractivity contribution in [2.45, 2.75) is 30.8 Å². The van der Waals surface area contributed by atoms with Crippen molar-refractivity contribution in [3.05, 3.63) is 89.0 Å². The largest absolute Gasteiger partial charge is 0.495 e. The summed E-state index contributed by atoms with van der Waals surface area (Å²) in [5.74, 6) is 0.157. The molecule has 192 valence electrons. The van der Waals surface area contributed by atoms with Crippen molar-refractivity contribution in [2.24, 2.45) is 5.92 Å². The maximum Gasteiger partial charge on any atom is 0.410 e. The summed E-state index contributed by atoms with van der Waals surface area (Å²) in [6.45, 7) is 1.00. The van der Waals surface area contributed by atoms with Crippen molar-refractivity contribution in [3.8, 4) is 22.9 Å². The lowest BCUT2D eigenvalue weighted by molar-refractivity contribution is -0.0747. The van der Waals surface area contributed by atoms with E-state index in [1.54, 1.807) is 23.1 Å². The van der Waals surface area contributed by atoms with E-state index in [1.807, 2.05) is 24.3 Å². The number of nitrogens with zero attached hydrogens (tertiary/aromatic N) is 2. The summed E-state index contributed by atoms with van der Waals surface area (Å²) in [5.41, 5.74) is 5.54. The van der Waals surface area contributed by atoms with E-state index in [0.717, 1.165) is 0 Å². The Morgan fingerprint density at radius 2 is 1.61 bits per heavy atom. The Kier molecular flexibility index (Phi) is 6.34. The van der Waals surface area contributed by atoms with Crippen LogP contribution in [0, 0.1) is 17.2 Å². The molecule has 3 aromatic carbocycles. The standard InChI is InChI=1S/C31H28N2O5/c1-36-29-11-10-19(12-21(29)15-32)30(34)20-13-22-16-37-17-23(14-20)33(22)31(35)38-18-28-26-8-4-2-6-24(26)25-7-3-5-9-27(25)28/h2-12,20,22-23,28H,13-14,16-18H2,1H3. The van der Waals surface area contributed by atoms with Crippen LogP contribution < -0.4 is 4.74 Å². The predicted molar refractivity (Wildman–Crippen MR) is 140 cm³/mol. The lowest BCUT2D eigenvalue weighted by atomic mass is 9.80. The van der Waals surface area contributed by atoms with Crippen LogP contribution in [-0.4, -0.2) is 55.8 Å². The van der Waals surface area contributed by atoms with E-state index >= 15 is 0 Å². The molecular formula is C31H28N2O5. The van der Waals surface area contributed by atoms with Crippen molar-refractivity contribution in [1.29, 1.82) is 5.26 Å². The minimum atomic E-state index is -0.354. The minimum absolute atomic E-state index is 0.00837. The number of hydrogen-bond donors (Lipinski definition) is 0. The second-order valence-electron chi connectivity index (χ2n) is 10.1. The highest BCUT2D eigenvalue weighted by molar-refractivity contribution is 5.98. The van der Waals surface area contributed by atoms with E-state index in [-0.39, 0.29) is 42.4 Å². The molecule has 7 heteroatoms.